The van der Waals surface area contributed by atoms with Gasteiger partial charge in [-0.1, -0.05) is 18.2 Å². The number of nitrogens with one attached hydrogen (secondary N) is 1. The second-order valence-electron chi connectivity index (χ2n) is 5.72. The Bertz CT molecular complexity index is 730. The van der Waals surface area contributed by atoms with Gasteiger partial charge in [-0.15, -0.1) is 0 Å². The molecule has 0 saturated carbocycles. The first-order chi connectivity index (χ1) is 10.4. The summed E-state index contributed by atoms with van der Waals surface area (Å²) in [6.07, 6.45) is 4.96. The molecule has 1 fully saturated rings. The molecular formula is C17H18N4. The summed E-state index contributed by atoms with van der Waals surface area (Å²) < 4.78 is 0. The number of nitrogens with zero attached hydrogens (tertiary/aromatic N) is 3. The Morgan fingerprint density at radius 3 is 3.00 bits per heavy atom. The van der Waals surface area contributed by atoms with Gasteiger partial charge in [0.2, 0.25) is 0 Å². The first-order valence-electron chi connectivity index (χ1n) is 7.44. The third-order valence-electron chi connectivity index (χ3n) is 4.37. The largest absolute Gasteiger partial charge is 0.298 e. The number of pyridine rings is 1. The molecule has 1 aromatic carbocycles. The van der Waals surface area contributed by atoms with Gasteiger partial charge in [0.05, 0.1) is 5.52 Å². The van der Waals surface area contributed by atoms with Gasteiger partial charge in [0.1, 0.15) is 0 Å². The Morgan fingerprint density at radius 2 is 2.10 bits per heavy atom. The van der Waals surface area contributed by atoms with E-state index in [2.05, 4.69) is 50.4 Å². The Labute approximate surface area is 123 Å². The summed E-state index contributed by atoms with van der Waals surface area (Å²) in [5.41, 5.74) is 3.71. The maximum atomic E-state index is 4.44. The highest BCUT2D eigenvalue weighted by atomic mass is 15.2. The van der Waals surface area contributed by atoms with Crippen molar-refractivity contribution in [1.82, 2.24) is 20.1 Å². The molecule has 106 valence electrons. The summed E-state index contributed by atoms with van der Waals surface area (Å²) >= 11 is 0. The van der Waals surface area contributed by atoms with E-state index in [-0.39, 0.29) is 0 Å². The Balaban J connectivity index is 1.54. The Kier molecular flexibility index (Phi) is 3.16. The molecule has 0 amide bonds. The SMILES string of the molecule is c1ccc2c(CN3CC[C@@H](c4ccn[nH]4)C3)ccnc2c1. The van der Waals surface area contributed by atoms with Crippen molar-refractivity contribution < 1.29 is 0 Å². The lowest BCUT2D eigenvalue weighted by Crippen LogP contribution is -2.20. The van der Waals surface area contributed by atoms with Gasteiger partial charge < -0.3 is 0 Å². The average Bonchev–Trinajstić information content (AvgIpc) is 3.18. The van der Waals surface area contributed by atoms with Crippen molar-refractivity contribution in [2.75, 3.05) is 13.1 Å². The van der Waals surface area contributed by atoms with Crippen molar-refractivity contribution in [2.24, 2.45) is 0 Å². The number of aromatic amines is 1. The zero-order valence-electron chi connectivity index (χ0n) is 11.9. The van der Waals surface area contributed by atoms with Crippen LogP contribution in [0.5, 0.6) is 0 Å². The van der Waals surface area contributed by atoms with E-state index in [1.807, 2.05) is 18.5 Å². The van der Waals surface area contributed by atoms with E-state index in [4.69, 9.17) is 0 Å². The summed E-state index contributed by atoms with van der Waals surface area (Å²) in [7, 11) is 0. The smallest absolute Gasteiger partial charge is 0.0705 e. The van der Waals surface area contributed by atoms with Crippen LogP contribution in [0.1, 0.15) is 23.6 Å². The molecule has 1 atom stereocenters. The van der Waals surface area contributed by atoms with Crippen LogP contribution in [0.15, 0.2) is 48.8 Å². The number of hydrogen-bond donors (Lipinski definition) is 1. The lowest BCUT2D eigenvalue weighted by Gasteiger charge is -2.17. The number of para-hydroxylation sites is 1. The van der Waals surface area contributed by atoms with Gasteiger partial charge in [0, 0.05) is 42.5 Å². The molecule has 2 aromatic heterocycles. The number of rotatable bonds is 3. The molecule has 1 N–H and O–H groups in total. The second-order valence-corrected chi connectivity index (χ2v) is 5.72. The molecule has 3 heterocycles. The van der Waals surface area contributed by atoms with E-state index < -0.39 is 0 Å². The van der Waals surface area contributed by atoms with Crippen LogP contribution in [-0.4, -0.2) is 33.2 Å². The highest BCUT2D eigenvalue weighted by molar-refractivity contribution is 5.81. The molecule has 1 aliphatic heterocycles. The standard InChI is InChI=1S/C17H18N4/c1-2-4-17-15(3-1)13(5-8-18-17)11-21-10-7-14(12-21)16-6-9-19-20-16/h1-6,8-9,14H,7,10-12H2,(H,19,20)/t14-/m1/s1. The minimum Gasteiger partial charge on any atom is -0.298 e. The number of aromatic nitrogens is 3. The van der Waals surface area contributed by atoms with E-state index in [1.165, 1.54) is 23.1 Å². The van der Waals surface area contributed by atoms with E-state index in [9.17, 15) is 0 Å². The third-order valence-corrected chi connectivity index (χ3v) is 4.37. The van der Waals surface area contributed by atoms with E-state index in [0.29, 0.717) is 5.92 Å². The summed E-state index contributed by atoms with van der Waals surface area (Å²) in [6, 6.07) is 12.6. The van der Waals surface area contributed by atoms with Crippen LogP contribution in [0.2, 0.25) is 0 Å². The van der Waals surface area contributed by atoms with Crippen LogP contribution in [0.25, 0.3) is 10.9 Å². The molecule has 1 aliphatic rings. The van der Waals surface area contributed by atoms with Crippen LogP contribution in [0.3, 0.4) is 0 Å². The number of benzene rings is 1. The molecule has 4 heteroatoms. The summed E-state index contributed by atoms with van der Waals surface area (Å²) in [6.45, 7) is 3.23. The molecule has 0 spiro atoms. The van der Waals surface area contributed by atoms with Crippen LogP contribution in [0, 0.1) is 0 Å². The first-order valence-corrected chi connectivity index (χ1v) is 7.44. The maximum absolute atomic E-state index is 4.44. The predicted molar refractivity (Wildman–Crippen MR) is 83.0 cm³/mol. The van der Waals surface area contributed by atoms with Gasteiger partial charge in [0.25, 0.3) is 0 Å². The molecular weight excluding hydrogens is 260 g/mol. The van der Waals surface area contributed by atoms with Crippen LogP contribution in [-0.2, 0) is 6.54 Å². The lowest BCUT2D eigenvalue weighted by atomic mass is 10.1. The zero-order valence-corrected chi connectivity index (χ0v) is 11.9. The molecule has 4 nitrogen and oxygen atoms in total. The van der Waals surface area contributed by atoms with Crippen molar-refractivity contribution in [2.45, 2.75) is 18.9 Å². The predicted octanol–water partition coefficient (Wildman–Crippen LogP) is 2.95. The minimum absolute atomic E-state index is 0.584. The number of fused-ring (bicyclic) bond motifs is 1. The van der Waals surface area contributed by atoms with Crippen molar-refractivity contribution in [1.29, 1.82) is 0 Å². The van der Waals surface area contributed by atoms with Crippen molar-refractivity contribution in [3.63, 3.8) is 0 Å². The molecule has 0 aliphatic carbocycles. The zero-order chi connectivity index (χ0) is 14.1. The lowest BCUT2D eigenvalue weighted by molar-refractivity contribution is 0.327. The van der Waals surface area contributed by atoms with Crippen LogP contribution < -0.4 is 0 Å². The Morgan fingerprint density at radius 1 is 1.14 bits per heavy atom. The fraction of sp³-hybridized carbons (Fsp3) is 0.294. The molecule has 0 bridgehead atoms. The minimum atomic E-state index is 0.584. The quantitative estimate of drug-likeness (QED) is 0.801. The maximum Gasteiger partial charge on any atom is 0.0705 e. The first kappa shape index (κ1) is 12.5. The monoisotopic (exact) mass is 278 g/mol. The number of hydrogen-bond acceptors (Lipinski definition) is 3. The van der Waals surface area contributed by atoms with Gasteiger partial charge >= 0.3 is 0 Å². The van der Waals surface area contributed by atoms with Crippen LogP contribution in [0.4, 0.5) is 0 Å². The Hall–Kier alpha value is -2.20. The fourth-order valence-electron chi connectivity index (χ4n) is 3.26. The van der Waals surface area contributed by atoms with Crippen molar-refractivity contribution in [3.8, 4) is 0 Å². The summed E-state index contributed by atoms with van der Waals surface area (Å²) in [5, 5.41) is 8.44. The van der Waals surface area contributed by atoms with Crippen molar-refractivity contribution in [3.05, 3.63) is 60.0 Å². The molecule has 0 unspecified atom stereocenters. The van der Waals surface area contributed by atoms with Gasteiger partial charge in [-0.05, 0) is 36.7 Å². The molecule has 21 heavy (non-hydrogen) atoms. The van der Waals surface area contributed by atoms with Gasteiger partial charge in [0.15, 0.2) is 0 Å². The van der Waals surface area contributed by atoms with E-state index in [1.54, 1.807) is 0 Å². The topological polar surface area (TPSA) is 44.8 Å². The molecule has 4 rings (SSSR count). The average molecular weight is 278 g/mol. The number of likely N-dealkylation sites (tertiary alicyclic amines) is 1. The third kappa shape index (κ3) is 2.43. The highest BCUT2D eigenvalue weighted by Crippen LogP contribution is 2.27. The molecule has 1 saturated heterocycles. The normalized spacial score (nSPS) is 19.3. The number of H-pyrrole nitrogens is 1. The second kappa shape index (κ2) is 5.30. The van der Waals surface area contributed by atoms with Crippen molar-refractivity contribution >= 4 is 10.9 Å². The fourth-order valence-corrected chi connectivity index (χ4v) is 3.26. The van der Waals surface area contributed by atoms with E-state index in [0.717, 1.165) is 25.2 Å². The van der Waals surface area contributed by atoms with E-state index >= 15 is 0 Å². The summed E-state index contributed by atoms with van der Waals surface area (Å²) in [5.74, 6) is 0.584. The highest BCUT2D eigenvalue weighted by Gasteiger charge is 2.24. The molecule has 0 radical (unpaired) electrons. The van der Waals surface area contributed by atoms with Gasteiger partial charge in [-0.25, -0.2) is 0 Å². The molecule has 3 aromatic rings. The van der Waals surface area contributed by atoms with Gasteiger partial charge in [-0.3, -0.25) is 15.0 Å². The van der Waals surface area contributed by atoms with Crippen LogP contribution >= 0.6 is 0 Å². The van der Waals surface area contributed by atoms with Gasteiger partial charge in [-0.2, -0.15) is 5.10 Å². The summed E-state index contributed by atoms with van der Waals surface area (Å²) in [4.78, 5) is 6.96.